The number of ether oxygens (including phenoxy) is 7. The smallest absolute Gasteiger partial charge is 0.337 e. The number of benzene rings is 10. The second kappa shape index (κ2) is 46.9. The third-order valence-corrected chi connectivity index (χ3v) is 21.4. The van der Waals surface area contributed by atoms with E-state index in [1.165, 1.54) is 35.5 Å². The molecule has 1 aliphatic rings. The molecule has 0 unspecified atom stereocenters. The van der Waals surface area contributed by atoms with Gasteiger partial charge >= 0.3 is 29.8 Å². The van der Waals surface area contributed by atoms with Crippen molar-refractivity contribution in [3.63, 3.8) is 0 Å². The van der Waals surface area contributed by atoms with Gasteiger partial charge in [-0.15, -0.1) is 0 Å². The van der Waals surface area contributed by atoms with E-state index in [4.69, 9.17) is 52.9 Å². The van der Waals surface area contributed by atoms with Crippen molar-refractivity contribution in [2.75, 3.05) is 48.8 Å². The van der Waals surface area contributed by atoms with Crippen LogP contribution in [0.5, 0.6) is 11.5 Å². The summed E-state index contributed by atoms with van der Waals surface area (Å²) in [5.74, 6) is 31.0. The molecule has 0 radical (unpaired) electrons. The number of rotatable bonds is 21. The Balaban J connectivity index is 1.22. The van der Waals surface area contributed by atoms with Crippen molar-refractivity contribution in [2.24, 2.45) is 0 Å². The molecule has 0 saturated carbocycles. The van der Waals surface area contributed by atoms with Crippen LogP contribution in [0.1, 0.15) is 271 Å². The van der Waals surface area contributed by atoms with Crippen molar-refractivity contribution in [2.45, 2.75) is 112 Å². The molecule has 0 saturated heterocycles. The van der Waals surface area contributed by atoms with Crippen molar-refractivity contribution >= 4 is 88.5 Å². The summed E-state index contributed by atoms with van der Waals surface area (Å²) >= 11 is 0. The highest BCUT2D eigenvalue weighted by Crippen LogP contribution is 2.35. The number of hydrogen-bond acceptors (Lipinski definition) is 14. The molecule has 0 amide bonds. The molecule has 131 heavy (non-hydrogen) atoms. The molecule has 17 nitrogen and oxygen atoms in total. The summed E-state index contributed by atoms with van der Waals surface area (Å²) in [5.41, 5.74) is 12.9. The van der Waals surface area contributed by atoms with Gasteiger partial charge in [0.25, 0.3) is 0 Å². The van der Waals surface area contributed by atoms with Crippen molar-refractivity contribution in [3.8, 4) is 82.8 Å². The van der Waals surface area contributed by atoms with E-state index < -0.39 is 29.8 Å². The molecule has 0 atom stereocenters. The standard InChI is InChI=1S/C114H93N5O12/c1-14-16-18-20-22-24-46-130-108-71-96(113(123)128-12)44-39-91(108)34-29-79-53-85-62-99(57-79)103(73-115)66-83-51-78(26-31-88-36-41-93(48-75(88)3)110(120)125-9)56-98(61-83)104(74-116)67-84-52-80(27-32-89-37-42-94(49-76(89)4)111(121)126-10)58-100(63-84)106(118-7)69-86-54-81(28-33-90-38-43-95(50-77(90)5)112(122)127-11)59-101(64-86)107(119-8)70-87-55-82(60-102(65-87)105(68-85)117-6)30-35-92-40-45-97(114(124)129-13)72-109(92)131-47-25-23-21-19-17-15-2/h36-45,48-72H,14-25,46-47H2,1-5,9-13H3/b103-66+,104-67+,105-68-,106-69-,107-70-. The fraction of sp³-hybridized carbons (Fsp3) is 0.211. The highest BCUT2D eigenvalue weighted by Gasteiger charge is 2.20. The van der Waals surface area contributed by atoms with Crippen molar-refractivity contribution in [3.05, 3.63) is 372 Å². The van der Waals surface area contributed by atoms with Crippen LogP contribution in [0.25, 0.3) is 73.2 Å². The number of carbonyl (C=O) groups excluding carboxylic acids is 5. The lowest BCUT2D eigenvalue weighted by molar-refractivity contribution is 0.0591. The number of fused-ring (bicyclic) bond motifs is 10. The minimum Gasteiger partial charge on any atom is -0.492 e. The van der Waals surface area contributed by atoms with Gasteiger partial charge in [0.1, 0.15) is 11.5 Å². The SMILES string of the molecule is [C-]#[N+]/C1=C\c2cc(C#Cc3ccc(C(=O)OC)cc3OCCCCCCCC)cc(c2)/C(C#N)=C/c2cc(C#Cc3ccc(C(=O)OC)cc3C)cc(c2)/C(C#N)=C/c2cc(C#Cc3ccc(C(=O)OC)cc3C)cc(c2)/C([N+]#[C-])=C/c2cc(C#Cc3ccc(C(=O)OC)cc3C)cc(c2)/C([N+]#[C-])=C/c2cc(C#Cc3ccc(C(=O)OC)cc3OCCCCCCCC)cc1c2. The maximum absolute atomic E-state index is 13.1. The molecule has 0 fully saturated rings. The second-order valence-electron chi connectivity index (χ2n) is 30.9. The zero-order valence-electron chi connectivity index (χ0n) is 74.7. The van der Waals surface area contributed by atoms with Crippen LogP contribution in [0.2, 0.25) is 0 Å². The first-order chi connectivity index (χ1) is 63.6. The topological polar surface area (TPSA) is 211 Å². The Labute approximate surface area is 766 Å². The number of hydrogen-bond donors (Lipinski definition) is 0. The van der Waals surface area contributed by atoms with Crippen LogP contribution in [0.4, 0.5) is 0 Å². The Hall–Kier alpha value is -16.9. The molecule has 1 aliphatic carbocycles. The summed E-state index contributed by atoms with van der Waals surface area (Å²) in [5, 5.41) is 23.3. The predicted molar refractivity (Wildman–Crippen MR) is 513 cm³/mol. The minimum atomic E-state index is -0.565. The van der Waals surface area contributed by atoms with Crippen LogP contribution in [-0.2, 0) is 23.7 Å². The molecular formula is C114H93N5O12. The Morgan fingerprint density at radius 3 is 0.802 bits per heavy atom. The summed E-state index contributed by atoms with van der Waals surface area (Å²) in [4.78, 5) is 76.8. The normalized spacial score (nSPS) is 13.1. The molecule has 11 rings (SSSR count). The zero-order valence-corrected chi connectivity index (χ0v) is 74.7. The monoisotopic (exact) mass is 1720 g/mol. The number of unbranched alkanes of at least 4 members (excludes halogenated alkanes) is 10. The van der Waals surface area contributed by atoms with Crippen LogP contribution >= 0.6 is 0 Å². The fourth-order valence-corrected chi connectivity index (χ4v) is 14.5. The molecule has 0 N–H and O–H groups in total. The first-order valence-electron chi connectivity index (χ1n) is 42.8. The van der Waals surface area contributed by atoms with E-state index in [0.29, 0.717) is 169 Å². The van der Waals surface area contributed by atoms with Crippen molar-refractivity contribution in [1.29, 1.82) is 10.5 Å². The van der Waals surface area contributed by atoms with Crippen molar-refractivity contribution < 1.29 is 57.1 Å². The maximum atomic E-state index is 13.1. The quantitative estimate of drug-likeness (QED) is 0.0215. The van der Waals surface area contributed by atoms with Gasteiger partial charge in [0.2, 0.25) is 0 Å². The zero-order chi connectivity index (χ0) is 93.3. The van der Waals surface area contributed by atoms with E-state index in [1.807, 2.05) is 20.8 Å². The number of methoxy groups -OCH3 is 5. The fourth-order valence-electron chi connectivity index (χ4n) is 14.5. The van der Waals surface area contributed by atoms with Gasteiger partial charge in [-0.3, -0.25) is 0 Å². The van der Waals surface area contributed by atoms with Crippen molar-refractivity contribution in [1.82, 2.24) is 0 Å². The number of nitrogens with zero attached hydrogens (tertiary/aromatic N) is 5. The molecule has 0 aromatic heterocycles. The second-order valence-corrected chi connectivity index (χ2v) is 30.9. The largest absolute Gasteiger partial charge is 0.492 e. The number of nitriles is 2. The molecule has 10 bridgehead atoms. The first-order valence-corrected chi connectivity index (χ1v) is 42.8. The lowest BCUT2D eigenvalue weighted by Crippen LogP contribution is -2.04. The lowest BCUT2D eigenvalue weighted by atomic mass is 9.94. The minimum absolute atomic E-state index is 0.0984. The Morgan fingerprint density at radius 2 is 0.534 bits per heavy atom. The van der Waals surface area contributed by atoms with Gasteiger partial charge in [-0.1, -0.05) is 155 Å². The highest BCUT2D eigenvalue weighted by molar-refractivity contribution is 5.99. The molecular weight excluding hydrogens is 1630 g/mol. The molecule has 0 heterocycles. The van der Waals surface area contributed by atoms with Gasteiger partial charge in [0, 0.05) is 44.5 Å². The highest BCUT2D eigenvalue weighted by atomic mass is 16.5. The summed E-state index contributed by atoms with van der Waals surface area (Å²) in [7, 11) is 6.52. The van der Waals surface area contributed by atoms with Gasteiger partial charge in [-0.25, -0.2) is 38.5 Å². The number of aryl methyl sites for hydroxylation is 3. The van der Waals surface area contributed by atoms with Gasteiger partial charge in [0.05, 0.1) is 131 Å². The summed E-state index contributed by atoms with van der Waals surface area (Å²) in [6, 6.07) is 56.2. The maximum Gasteiger partial charge on any atom is 0.337 e. The Morgan fingerprint density at radius 1 is 0.290 bits per heavy atom. The van der Waals surface area contributed by atoms with E-state index >= 15 is 0 Å². The first kappa shape index (κ1) is 94.8. The van der Waals surface area contributed by atoms with Crippen LogP contribution in [0.3, 0.4) is 0 Å². The third kappa shape index (κ3) is 26.1. The third-order valence-electron chi connectivity index (χ3n) is 21.4. The van der Waals surface area contributed by atoms with E-state index in [2.05, 4.69) is 99.7 Å². The van der Waals surface area contributed by atoms with E-state index in [0.717, 1.165) is 77.0 Å². The lowest BCUT2D eigenvalue weighted by Gasteiger charge is -2.10. The Bertz CT molecular complexity index is 6750. The van der Waals surface area contributed by atoms with Gasteiger partial charge in [0.15, 0.2) is 17.1 Å². The van der Waals surface area contributed by atoms with Crippen LogP contribution in [-0.4, -0.2) is 78.6 Å². The molecule has 10 aromatic carbocycles. The van der Waals surface area contributed by atoms with Gasteiger partial charge in [-0.05, 0) is 300 Å². The van der Waals surface area contributed by atoms with Crippen LogP contribution in [0.15, 0.2) is 182 Å². The summed E-state index contributed by atoms with van der Waals surface area (Å²) in [6.45, 7) is 37.7. The molecule has 0 aliphatic heterocycles. The molecule has 0 spiro atoms. The molecule has 17 heteroatoms. The molecule has 10 aromatic rings. The van der Waals surface area contributed by atoms with E-state index in [9.17, 15) is 34.5 Å². The average Bonchev–Trinajstić information content (AvgIpc) is 1.22. The number of allylic oxidation sites excluding steroid dienone is 2. The van der Waals surface area contributed by atoms with E-state index in [1.54, 1.807) is 212 Å². The average molecular weight is 1730 g/mol. The van der Waals surface area contributed by atoms with Gasteiger partial charge in [-0.2, -0.15) is 10.5 Å². The van der Waals surface area contributed by atoms with Crippen LogP contribution < -0.4 is 9.47 Å². The number of carbonyl (C=O) groups is 5. The van der Waals surface area contributed by atoms with Gasteiger partial charge < -0.3 is 33.2 Å². The molecule has 646 valence electrons. The Kier molecular flexibility index (Phi) is 33.9. The summed E-state index contributed by atoms with van der Waals surface area (Å²) < 4.78 is 38.2. The summed E-state index contributed by atoms with van der Waals surface area (Å²) in [6.07, 6.45) is 20.5. The number of esters is 5. The van der Waals surface area contributed by atoms with E-state index in [-0.39, 0.29) is 39.4 Å². The predicted octanol–water partition coefficient (Wildman–Crippen LogP) is 23.7. The van der Waals surface area contributed by atoms with Crippen LogP contribution in [0, 0.1) is 122 Å².